The molecule has 1 amide bonds. The van der Waals surface area contributed by atoms with Crippen molar-refractivity contribution in [1.29, 1.82) is 0 Å². The van der Waals surface area contributed by atoms with Gasteiger partial charge >= 0.3 is 0 Å². The average molecular weight is 370 g/mol. The van der Waals surface area contributed by atoms with Gasteiger partial charge in [-0.2, -0.15) is 0 Å². The number of benzene rings is 1. The van der Waals surface area contributed by atoms with Crippen LogP contribution >= 0.6 is 0 Å². The lowest BCUT2D eigenvalue weighted by Crippen LogP contribution is -2.45. The Labute approximate surface area is 159 Å². The maximum absolute atomic E-state index is 13.0. The summed E-state index contributed by atoms with van der Waals surface area (Å²) < 4.78 is 13.1. The van der Waals surface area contributed by atoms with E-state index in [-0.39, 0.29) is 17.7 Å². The highest BCUT2D eigenvalue weighted by Crippen LogP contribution is 2.33. The number of ether oxygens (including phenoxy) is 2. The Bertz CT molecular complexity index is 784. The molecule has 2 aliphatic heterocycles. The van der Waals surface area contributed by atoms with Crippen LogP contribution in [0.5, 0.6) is 0 Å². The van der Waals surface area contributed by atoms with Crippen molar-refractivity contribution in [1.82, 2.24) is 19.9 Å². The van der Waals surface area contributed by atoms with Gasteiger partial charge in [-0.1, -0.05) is 23.4 Å². The van der Waals surface area contributed by atoms with Gasteiger partial charge in [0.1, 0.15) is 0 Å². The molecule has 7 nitrogen and oxygen atoms in total. The number of carbonyl (C=O) groups excluding carboxylic acids is 1. The summed E-state index contributed by atoms with van der Waals surface area (Å²) in [4.78, 5) is 15.0. The van der Waals surface area contributed by atoms with Crippen LogP contribution < -0.4 is 0 Å². The first kappa shape index (κ1) is 18.1. The van der Waals surface area contributed by atoms with Gasteiger partial charge in [0.25, 0.3) is 0 Å². The molecule has 3 heterocycles. The van der Waals surface area contributed by atoms with Crippen LogP contribution in [0, 0.1) is 12.3 Å². The summed E-state index contributed by atoms with van der Waals surface area (Å²) in [6, 6.07) is 9.86. The summed E-state index contributed by atoms with van der Waals surface area (Å²) in [6.45, 7) is 6.12. The topological polar surface area (TPSA) is 69.5 Å². The summed E-state index contributed by atoms with van der Waals surface area (Å²) in [5, 5.41) is 8.51. The van der Waals surface area contributed by atoms with Crippen LogP contribution in [0.15, 0.2) is 30.3 Å². The van der Waals surface area contributed by atoms with Crippen molar-refractivity contribution in [2.75, 3.05) is 39.5 Å². The van der Waals surface area contributed by atoms with E-state index in [4.69, 9.17) is 9.47 Å². The van der Waals surface area contributed by atoms with Gasteiger partial charge in [0.2, 0.25) is 5.91 Å². The Morgan fingerprint density at radius 1 is 1.15 bits per heavy atom. The second-order valence-electron chi connectivity index (χ2n) is 7.53. The number of para-hydroxylation sites is 1. The summed E-state index contributed by atoms with van der Waals surface area (Å²) in [5.74, 6) is 0.0922. The molecule has 0 radical (unpaired) electrons. The van der Waals surface area contributed by atoms with Crippen LogP contribution in [0.3, 0.4) is 0 Å². The minimum absolute atomic E-state index is 0.0289. The van der Waals surface area contributed by atoms with Gasteiger partial charge in [0.05, 0.1) is 36.7 Å². The molecule has 0 N–H and O–H groups in total. The maximum Gasteiger partial charge on any atom is 0.228 e. The van der Waals surface area contributed by atoms with Crippen molar-refractivity contribution in [2.45, 2.75) is 26.2 Å². The first-order valence-electron chi connectivity index (χ1n) is 9.57. The molecule has 1 aromatic carbocycles. The lowest BCUT2D eigenvalue weighted by molar-refractivity contribution is -0.132. The zero-order chi connectivity index (χ0) is 18.7. The van der Waals surface area contributed by atoms with E-state index in [1.165, 1.54) is 0 Å². The number of amides is 1. The van der Waals surface area contributed by atoms with Crippen LogP contribution in [-0.4, -0.2) is 65.3 Å². The van der Waals surface area contributed by atoms with E-state index in [1.54, 1.807) is 4.68 Å². The predicted molar refractivity (Wildman–Crippen MR) is 99.7 cm³/mol. The predicted octanol–water partition coefficient (Wildman–Crippen LogP) is 1.77. The Kier molecular flexibility index (Phi) is 5.22. The van der Waals surface area contributed by atoms with E-state index < -0.39 is 0 Å². The molecule has 27 heavy (non-hydrogen) atoms. The third-order valence-electron chi connectivity index (χ3n) is 5.66. The van der Waals surface area contributed by atoms with Crippen LogP contribution in [0.4, 0.5) is 0 Å². The molecule has 4 rings (SSSR count). The molecule has 0 saturated carbocycles. The molecule has 0 aliphatic carbocycles. The second kappa shape index (κ2) is 7.78. The van der Waals surface area contributed by atoms with E-state index >= 15 is 0 Å². The smallest absolute Gasteiger partial charge is 0.228 e. The van der Waals surface area contributed by atoms with E-state index in [2.05, 4.69) is 10.3 Å². The van der Waals surface area contributed by atoms with Gasteiger partial charge in [-0.25, -0.2) is 4.68 Å². The number of hydrogen-bond donors (Lipinski definition) is 0. The molecular weight excluding hydrogens is 344 g/mol. The molecule has 144 valence electrons. The van der Waals surface area contributed by atoms with Gasteiger partial charge in [-0.05, 0) is 31.9 Å². The third kappa shape index (κ3) is 3.89. The maximum atomic E-state index is 13.0. The van der Waals surface area contributed by atoms with Gasteiger partial charge in [0, 0.05) is 31.7 Å². The largest absolute Gasteiger partial charge is 0.381 e. The summed E-state index contributed by atoms with van der Waals surface area (Å²) in [5.41, 5.74) is 2.61. The molecular formula is C20H26N4O3. The van der Waals surface area contributed by atoms with Crippen LogP contribution in [0.1, 0.15) is 24.2 Å². The molecule has 2 aromatic rings. The fraction of sp³-hybridized carbons (Fsp3) is 0.550. The van der Waals surface area contributed by atoms with Crippen molar-refractivity contribution in [3.8, 4) is 5.69 Å². The molecule has 1 spiro atoms. The van der Waals surface area contributed by atoms with Gasteiger partial charge in [-0.15, -0.1) is 5.10 Å². The highest BCUT2D eigenvalue weighted by Gasteiger charge is 2.38. The Morgan fingerprint density at radius 2 is 1.93 bits per heavy atom. The first-order valence-corrected chi connectivity index (χ1v) is 9.57. The fourth-order valence-electron chi connectivity index (χ4n) is 3.91. The zero-order valence-electron chi connectivity index (χ0n) is 15.8. The normalized spacial score (nSPS) is 19.8. The van der Waals surface area contributed by atoms with Crippen molar-refractivity contribution in [3.63, 3.8) is 0 Å². The zero-order valence-corrected chi connectivity index (χ0v) is 15.8. The Hall–Kier alpha value is -2.25. The van der Waals surface area contributed by atoms with Crippen molar-refractivity contribution in [2.24, 2.45) is 5.41 Å². The number of carbonyl (C=O) groups is 1. The Balaban J connectivity index is 1.48. The summed E-state index contributed by atoms with van der Waals surface area (Å²) in [6.07, 6.45) is 2.16. The van der Waals surface area contributed by atoms with Crippen molar-refractivity contribution in [3.05, 3.63) is 41.7 Å². The standard InChI is InChI=1S/C20H26N4O3/c1-16-18(21-22-24(16)17-5-3-2-4-6-17)13-19(25)23-9-12-27-15-20(14-23)7-10-26-11-8-20/h2-6H,7-15H2,1H3. The summed E-state index contributed by atoms with van der Waals surface area (Å²) >= 11 is 0. The minimum atomic E-state index is 0.0289. The first-order chi connectivity index (χ1) is 13.2. The van der Waals surface area contributed by atoms with Gasteiger partial charge < -0.3 is 14.4 Å². The summed E-state index contributed by atoms with van der Waals surface area (Å²) in [7, 11) is 0. The molecule has 0 unspecified atom stereocenters. The highest BCUT2D eigenvalue weighted by molar-refractivity contribution is 5.78. The minimum Gasteiger partial charge on any atom is -0.381 e. The lowest BCUT2D eigenvalue weighted by atomic mass is 9.80. The van der Waals surface area contributed by atoms with Gasteiger partial charge in [0.15, 0.2) is 0 Å². The van der Waals surface area contributed by atoms with Crippen LogP contribution in [-0.2, 0) is 20.7 Å². The monoisotopic (exact) mass is 370 g/mol. The molecule has 2 fully saturated rings. The fourth-order valence-corrected chi connectivity index (χ4v) is 3.91. The average Bonchev–Trinajstić information content (AvgIpc) is 2.93. The quantitative estimate of drug-likeness (QED) is 0.824. The molecule has 0 atom stereocenters. The van der Waals surface area contributed by atoms with Crippen molar-refractivity contribution >= 4 is 5.91 Å². The molecule has 1 aromatic heterocycles. The van der Waals surface area contributed by atoms with Gasteiger partial charge in [-0.3, -0.25) is 4.79 Å². The second-order valence-corrected chi connectivity index (χ2v) is 7.53. The number of rotatable bonds is 3. The number of nitrogens with zero attached hydrogens (tertiary/aromatic N) is 4. The van der Waals surface area contributed by atoms with E-state index in [0.29, 0.717) is 19.8 Å². The van der Waals surface area contributed by atoms with Crippen LogP contribution in [0.25, 0.3) is 5.69 Å². The van der Waals surface area contributed by atoms with E-state index in [9.17, 15) is 4.79 Å². The lowest BCUT2D eigenvalue weighted by Gasteiger charge is -2.38. The molecule has 7 heteroatoms. The van der Waals surface area contributed by atoms with E-state index in [1.807, 2.05) is 42.2 Å². The molecule has 2 saturated heterocycles. The molecule has 0 bridgehead atoms. The van der Waals surface area contributed by atoms with E-state index in [0.717, 1.165) is 49.7 Å². The molecule has 2 aliphatic rings. The number of aromatic nitrogens is 3. The van der Waals surface area contributed by atoms with Crippen molar-refractivity contribution < 1.29 is 14.3 Å². The Morgan fingerprint density at radius 3 is 2.70 bits per heavy atom. The third-order valence-corrected chi connectivity index (χ3v) is 5.66. The highest BCUT2D eigenvalue weighted by atomic mass is 16.5. The van der Waals surface area contributed by atoms with Crippen LogP contribution in [0.2, 0.25) is 0 Å². The number of hydrogen-bond acceptors (Lipinski definition) is 5. The SMILES string of the molecule is Cc1c(CC(=O)N2CCOCC3(CCOCC3)C2)nnn1-c1ccccc1.